The molecule has 0 saturated heterocycles. The molecule has 1 aliphatic carbocycles. The fourth-order valence-corrected chi connectivity index (χ4v) is 2.00. The van der Waals surface area contributed by atoms with Gasteiger partial charge in [-0.05, 0) is 25.8 Å². The summed E-state index contributed by atoms with van der Waals surface area (Å²) in [6, 6.07) is 2.02. The first-order valence-corrected chi connectivity index (χ1v) is 5.60. The van der Waals surface area contributed by atoms with Crippen molar-refractivity contribution in [2.45, 2.75) is 25.7 Å². The molecule has 0 atom stereocenters. The summed E-state index contributed by atoms with van der Waals surface area (Å²) >= 11 is 0. The molecule has 2 aromatic rings. The number of aryl methyl sites for hydroxylation is 1. The Morgan fingerprint density at radius 1 is 1.29 bits per heavy atom. The monoisotopic (exact) mass is 230 g/mol. The molecular formula is C11H14N6. The fraction of sp³-hybridized carbons (Fsp3) is 0.364. The number of anilines is 2. The van der Waals surface area contributed by atoms with Crippen LogP contribution in [-0.2, 0) is 0 Å². The average molecular weight is 230 g/mol. The zero-order chi connectivity index (χ0) is 12.0. The van der Waals surface area contributed by atoms with E-state index in [0.29, 0.717) is 11.7 Å². The van der Waals surface area contributed by atoms with Crippen LogP contribution < -0.4 is 11.5 Å². The van der Waals surface area contributed by atoms with Crippen LogP contribution in [0.15, 0.2) is 6.07 Å². The van der Waals surface area contributed by atoms with Gasteiger partial charge >= 0.3 is 0 Å². The summed E-state index contributed by atoms with van der Waals surface area (Å²) in [5.41, 5.74) is 14.9. The van der Waals surface area contributed by atoms with Crippen LogP contribution in [0.5, 0.6) is 0 Å². The predicted molar refractivity (Wildman–Crippen MR) is 65.2 cm³/mol. The number of aromatic amines is 1. The van der Waals surface area contributed by atoms with Gasteiger partial charge in [-0.2, -0.15) is 10.1 Å². The summed E-state index contributed by atoms with van der Waals surface area (Å²) in [6.07, 6.45) is 2.44. The molecule has 0 aromatic carbocycles. The quantitative estimate of drug-likeness (QED) is 0.719. The van der Waals surface area contributed by atoms with Crippen LogP contribution >= 0.6 is 0 Å². The molecule has 1 aliphatic rings. The van der Waals surface area contributed by atoms with Gasteiger partial charge in [0, 0.05) is 5.92 Å². The van der Waals surface area contributed by atoms with E-state index >= 15 is 0 Å². The smallest absolute Gasteiger partial charge is 0.222 e. The standard InChI is InChI=1S/C11H14N6/c1-5-9(10(12)15-11(13)14-5)8-4-7(16-17-8)6-2-3-6/h4,6H,2-3H2,1H3,(H,16,17)(H4,12,13,14,15). The van der Waals surface area contributed by atoms with E-state index in [1.807, 2.05) is 13.0 Å². The number of aromatic nitrogens is 4. The molecule has 88 valence electrons. The van der Waals surface area contributed by atoms with Gasteiger partial charge in [-0.15, -0.1) is 0 Å². The second kappa shape index (κ2) is 3.44. The third kappa shape index (κ3) is 1.71. The molecule has 17 heavy (non-hydrogen) atoms. The lowest BCUT2D eigenvalue weighted by Crippen LogP contribution is -2.04. The van der Waals surface area contributed by atoms with Crippen LogP contribution in [0.3, 0.4) is 0 Å². The summed E-state index contributed by atoms with van der Waals surface area (Å²) in [5.74, 6) is 1.20. The van der Waals surface area contributed by atoms with Crippen LogP contribution in [0.25, 0.3) is 11.3 Å². The van der Waals surface area contributed by atoms with E-state index in [4.69, 9.17) is 11.5 Å². The molecule has 0 amide bonds. The maximum absolute atomic E-state index is 5.88. The van der Waals surface area contributed by atoms with Crippen molar-refractivity contribution >= 4 is 11.8 Å². The topological polar surface area (TPSA) is 106 Å². The third-order valence-electron chi connectivity index (χ3n) is 3.00. The molecule has 1 fully saturated rings. The number of rotatable bonds is 2. The Labute approximate surface area is 98.5 Å². The van der Waals surface area contributed by atoms with Gasteiger partial charge in [-0.3, -0.25) is 5.10 Å². The fourth-order valence-electron chi connectivity index (χ4n) is 2.00. The Kier molecular flexibility index (Phi) is 2.04. The van der Waals surface area contributed by atoms with E-state index in [-0.39, 0.29) is 5.95 Å². The van der Waals surface area contributed by atoms with Crippen LogP contribution in [0.1, 0.15) is 30.1 Å². The van der Waals surface area contributed by atoms with Crippen molar-refractivity contribution in [1.82, 2.24) is 20.2 Å². The first-order valence-electron chi connectivity index (χ1n) is 5.60. The van der Waals surface area contributed by atoms with Crippen molar-refractivity contribution < 1.29 is 0 Å². The molecule has 0 spiro atoms. The first kappa shape index (κ1) is 10.1. The summed E-state index contributed by atoms with van der Waals surface area (Å²) in [5, 5.41) is 7.29. The van der Waals surface area contributed by atoms with Crippen LogP contribution in [-0.4, -0.2) is 20.2 Å². The molecule has 0 unspecified atom stereocenters. The van der Waals surface area contributed by atoms with Crippen molar-refractivity contribution in [3.63, 3.8) is 0 Å². The molecule has 0 radical (unpaired) electrons. The van der Waals surface area contributed by atoms with Gasteiger partial charge in [0.2, 0.25) is 5.95 Å². The minimum atomic E-state index is 0.200. The number of H-pyrrole nitrogens is 1. The molecule has 2 heterocycles. The molecule has 0 bridgehead atoms. The number of nitrogen functional groups attached to an aromatic ring is 2. The van der Waals surface area contributed by atoms with Gasteiger partial charge in [0.05, 0.1) is 22.6 Å². The molecule has 2 aromatic heterocycles. The number of hydrogen-bond donors (Lipinski definition) is 3. The SMILES string of the molecule is Cc1nc(N)nc(N)c1-c1cc(C2CC2)n[nH]1. The van der Waals surface area contributed by atoms with Crippen molar-refractivity contribution in [3.8, 4) is 11.3 Å². The highest BCUT2D eigenvalue weighted by molar-refractivity contribution is 5.74. The van der Waals surface area contributed by atoms with Crippen molar-refractivity contribution in [2.75, 3.05) is 11.5 Å². The Morgan fingerprint density at radius 3 is 2.71 bits per heavy atom. The van der Waals surface area contributed by atoms with Gasteiger partial charge in [0.25, 0.3) is 0 Å². The molecule has 3 rings (SSSR count). The second-order valence-electron chi connectivity index (χ2n) is 4.41. The van der Waals surface area contributed by atoms with Gasteiger partial charge in [-0.1, -0.05) is 0 Å². The highest BCUT2D eigenvalue weighted by Gasteiger charge is 2.26. The minimum absolute atomic E-state index is 0.200. The maximum atomic E-state index is 5.88. The summed E-state index contributed by atoms with van der Waals surface area (Å²) < 4.78 is 0. The highest BCUT2D eigenvalue weighted by atomic mass is 15.1. The number of nitrogens with zero attached hydrogens (tertiary/aromatic N) is 3. The average Bonchev–Trinajstić information content (AvgIpc) is 2.98. The number of nitrogens with one attached hydrogen (secondary N) is 1. The van der Waals surface area contributed by atoms with E-state index < -0.39 is 0 Å². The minimum Gasteiger partial charge on any atom is -0.383 e. The molecular weight excluding hydrogens is 216 g/mol. The Hall–Kier alpha value is -2.11. The van der Waals surface area contributed by atoms with Gasteiger partial charge < -0.3 is 11.5 Å². The van der Waals surface area contributed by atoms with Crippen LogP contribution in [0, 0.1) is 6.92 Å². The molecule has 6 nitrogen and oxygen atoms in total. The van der Waals surface area contributed by atoms with E-state index in [9.17, 15) is 0 Å². The summed E-state index contributed by atoms with van der Waals surface area (Å²) in [4.78, 5) is 8.10. The first-order chi connectivity index (χ1) is 8.15. The molecule has 1 saturated carbocycles. The van der Waals surface area contributed by atoms with Crippen molar-refractivity contribution in [2.24, 2.45) is 0 Å². The Morgan fingerprint density at radius 2 is 2.06 bits per heavy atom. The van der Waals surface area contributed by atoms with E-state index in [1.165, 1.54) is 12.8 Å². The number of nitrogens with two attached hydrogens (primary N) is 2. The van der Waals surface area contributed by atoms with E-state index in [2.05, 4.69) is 20.2 Å². The Bertz CT molecular complexity index is 546. The van der Waals surface area contributed by atoms with E-state index in [0.717, 1.165) is 22.6 Å². The van der Waals surface area contributed by atoms with Crippen LogP contribution in [0.4, 0.5) is 11.8 Å². The lowest BCUT2D eigenvalue weighted by molar-refractivity contribution is 0.965. The second-order valence-corrected chi connectivity index (χ2v) is 4.41. The highest BCUT2D eigenvalue weighted by Crippen LogP contribution is 2.40. The molecule has 0 aliphatic heterocycles. The molecule has 6 heteroatoms. The van der Waals surface area contributed by atoms with E-state index in [1.54, 1.807) is 0 Å². The largest absolute Gasteiger partial charge is 0.383 e. The van der Waals surface area contributed by atoms with Gasteiger partial charge in [-0.25, -0.2) is 4.98 Å². The lowest BCUT2D eigenvalue weighted by atomic mass is 10.1. The lowest BCUT2D eigenvalue weighted by Gasteiger charge is -2.06. The van der Waals surface area contributed by atoms with Crippen molar-refractivity contribution in [3.05, 3.63) is 17.5 Å². The maximum Gasteiger partial charge on any atom is 0.222 e. The number of hydrogen-bond acceptors (Lipinski definition) is 5. The Balaban J connectivity index is 2.07. The normalized spacial score (nSPS) is 15.1. The zero-order valence-electron chi connectivity index (χ0n) is 9.57. The van der Waals surface area contributed by atoms with Gasteiger partial charge in [0.1, 0.15) is 5.82 Å². The van der Waals surface area contributed by atoms with Crippen molar-refractivity contribution in [1.29, 1.82) is 0 Å². The summed E-state index contributed by atoms with van der Waals surface area (Å²) in [7, 11) is 0. The predicted octanol–water partition coefficient (Wildman–Crippen LogP) is 1.22. The third-order valence-corrected chi connectivity index (χ3v) is 3.00. The zero-order valence-corrected chi connectivity index (χ0v) is 9.57. The molecule has 5 N–H and O–H groups in total. The summed E-state index contributed by atoms with van der Waals surface area (Å²) in [6.45, 7) is 1.86. The van der Waals surface area contributed by atoms with Gasteiger partial charge in [0.15, 0.2) is 0 Å². The van der Waals surface area contributed by atoms with Crippen LogP contribution in [0.2, 0.25) is 0 Å².